The fraction of sp³-hybridized carbons (Fsp3) is 1.00. The van der Waals surface area contributed by atoms with Crippen LogP contribution in [0, 0.1) is 0 Å². The standard InChI is InChI=1S/C4H9NO2.ClH/c5-3-1-7-2-4(3)6;/h3-4,6H,1-2,5H2;1H/t3-,4-;/m1./s1. The van der Waals surface area contributed by atoms with Crippen LogP contribution in [0.2, 0.25) is 0 Å². The Bertz CT molecular complexity index is 63.1. The third-order valence-corrected chi connectivity index (χ3v) is 1.09. The van der Waals surface area contributed by atoms with E-state index in [-0.39, 0.29) is 18.4 Å². The molecule has 0 aromatic carbocycles. The average molecular weight is 140 g/mol. The Hall–Kier alpha value is 0.170. The van der Waals surface area contributed by atoms with Crippen molar-refractivity contribution in [3.8, 4) is 0 Å². The van der Waals surface area contributed by atoms with Crippen molar-refractivity contribution in [1.29, 1.82) is 0 Å². The lowest BCUT2D eigenvalue weighted by atomic mass is 10.2. The van der Waals surface area contributed by atoms with Crippen LogP contribution in [0.3, 0.4) is 0 Å². The van der Waals surface area contributed by atoms with Crippen molar-refractivity contribution in [2.24, 2.45) is 5.73 Å². The minimum absolute atomic E-state index is 0. The van der Waals surface area contributed by atoms with Crippen molar-refractivity contribution in [3.63, 3.8) is 0 Å². The predicted molar refractivity (Wildman–Crippen MR) is 32.0 cm³/mol. The first-order chi connectivity index (χ1) is 3.30. The molecule has 0 aromatic heterocycles. The van der Waals surface area contributed by atoms with Gasteiger partial charge in [0, 0.05) is 0 Å². The second-order valence-corrected chi connectivity index (χ2v) is 1.77. The molecule has 0 unspecified atom stereocenters. The third-order valence-electron chi connectivity index (χ3n) is 1.09. The quantitative estimate of drug-likeness (QED) is 0.459. The molecule has 0 saturated carbocycles. The van der Waals surface area contributed by atoms with Crippen LogP contribution < -0.4 is 5.73 Å². The normalized spacial score (nSPS) is 36.8. The van der Waals surface area contributed by atoms with Gasteiger partial charge in [-0.25, -0.2) is 0 Å². The number of nitrogens with two attached hydrogens (primary N) is 1. The molecular weight excluding hydrogens is 130 g/mol. The molecular formula is C4H10ClNO2. The largest absolute Gasteiger partial charge is 0.389 e. The molecule has 3 N–H and O–H groups in total. The van der Waals surface area contributed by atoms with Crippen molar-refractivity contribution in [3.05, 3.63) is 0 Å². The van der Waals surface area contributed by atoms with E-state index in [9.17, 15) is 0 Å². The highest BCUT2D eigenvalue weighted by Gasteiger charge is 2.21. The molecule has 1 fully saturated rings. The van der Waals surface area contributed by atoms with Gasteiger partial charge in [0.2, 0.25) is 0 Å². The van der Waals surface area contributed by atoms with E-state index in [2.05, 4.69) is 0 Å². The van der Waals surface area contributed by atoms with Crippen molar-refractivity contribution < 1.29 is 9.84 Å². The zero-order valence-electron chi connectivity index (χ0n) is 4.41. The van der Waals surface area contributed by atoms with Crippen LogP contribution in [0.25, 0.3) is 0 Å². The summed E-state index contributed by atoms with van der Waals surface area (Å²) >= 11 is 0. The SMILES string of the molecule is Cl.N[C@@H]1COC[C@H]1O. The average Bonchev–Trinajstić information content (AvgIpc) is 1.91. The molecule has 1 heterocycles. The van der Waals surface area contributed by atoms with E-state index in [0.717, 1.165) is 0 Å². The highest BCUT2D eigenvalue weighted by atomic mass is 35.5. The molecule has 1 rings (SSSR count). The molecule has 1 saturated heterocycles. The van der Waals surface area contributed by atoms with Gasteiger partial charge >= 0.3 is 0 Å². The third kappa shape index (κ3) is 1.59. The molecule has 3 nitrogen and oxygen atoms in total. The van der Waals surface area contributed by atoms with Crippen molar-refractivity contribution in [2.45, 2.75) is 12.1 Å². The summed E-state index contributed by atoms with van der Waals surface area (Å²) in [5.74, 6) is 0. The topological polar surface area (TPSA) is 55.5 Å². The van der Waals surface area contributed by atoms with E-state index >= 15 is 0 Å². The first-order valence-electron chi connectivity index (χ1n) is 2.32. The Morgan fingerprint density at radius 1 is 1.50 bits per heavy atom. The highest BCUT2D eigenvalue weighted by Crippen LogP contribution is 2.00. The number of aliphatic hydroxyl groups is 1. The highest BCUT2D eigenvalue weighted by molar-refractivity contribution is 5.85. The molecule has 8 heavy (non-hydrogen) atoms. The van der Waals surface area contributed by atoms with E-state index in [1.165, 1.54) is 0 Å². The minimum atomic E-state index is -0.431. The van der Waals surface area contributed by atoms with Gasteiger partial charge in [0.15, 0.2) is 0 Å². The molecule has 0 aromatic rings. The fourth-order valence-corrected chi connectivity index (χ4v) is 0.560. The molecule has 0 aliphatic carbocycles. The predicted octanol–water partition coefficient (Wildman–Crippen LogP) is -0.873. The zero-order valence-corrected chi connectivity index (χ0v) is 5.23. The molecule has 0 amide bonds. The summed E-state index contributed by atoms with van der Waals surface area (Å²) in [5.41, 5.74) is 5.30. The van der Waals surface area contributed by atoms with Gasteiger partial charge in [0.1, 0.15) is 0 Å². The number of aliphatic hydroxyl groups excluding tert-OH is 1. The van der Waals surface area contributed by atoms with Crippen LogP contribution in [0.15, 0.2) is 0 Å². The first kappa shape index (κ1) is 8.17. The lowest BCUT2D eigenvalue weighted by Crippen LogP contribution is -2.32. The molecule has 2 atom stereocenters. The Morgan fingerprint density at radius 3 is 2.25 bits per heavy atom. The van der Waals surface area contributed by atoms with E-state index in [1.54, 1.807) is 0 Å². The van der Waals surface area contributed by atoms with Crippen molar-refractivity contribution in [2.75, 3.05) is 13.2 Å². The number of halogens is 1. The number of hydrogen-bond acceptors (Lipinski definition) is 3. The van der Waals surface area contributed by atoms with Crippen LogP contribution in [-0.4, -0.2) is 30.5 Å². The minimum Gasteiger partial charge on any atom is -0.389 e. The summed E-state index contributed by atoms with van der Waals surface area (Å²) in [6.07, 6.45) is -0.431. The zero-order chi connectivity index (χ0) is 5.28. The second-order valence-electron chi connectivity index (χ2n) is 1.77. The molecule has 1 aliphatic heterocycles. The van der Waals surface area contributed by atoms with Crippen LogP contribution in [-0.2, 0) is 4.74 Å². The maximum Gasteiger partial charge on any atom is 0.0946 e. The Labute approximate surface area is 54.2 Å². The lowest BCUT2D eigenvalue weighted by molar-refractivity contribution is 0.125. The molecule has 0 radical (unpaired) electrons. The van der Waals surface area contributed by atoms with Crippen molar-refractivity contribution >= 4 is 12.4 Å². The van der Waals surface area contributed by atoms with Crippen LogP contribution >= 0.6 is 12.4 Å². The van der Waals surface area contributed by atoms with E-state index in [0.29, 0.717) is 13.2 Å². The van der Waals surface area contributed by atoms with Gasteiger partial charge in [0.05, 0.1) is 25.4 Å². The summed E-state index contributed by atoms with van der Waals surface area (Å²) in [6, 6.07) is -0.153. The summed E-state index contributed by atoms with van der Waals surface area (Å²) in [4.78, 5) is 0. The molecule has 1 aliphatic rings. The molecule has 0 bridgehead atoms. The summed E-state index contributed by atoms with van der Waals surface area (Å²) in [5, 5.41) is 8.75. The monoisotopic (exact) mass is 139 g/mol. The summed E-state index contributed by atoms with van der Waals surface area (Å²) in [7, 11) is 0. The van der Waals surface area contributed by atoms with Crippen LogP contribution in [0.4, 0.5) is 0 Å². The van der Waals surface area contributed by atoms with E-state index in [4.69, 9.17) is 15.6 Å². The maximum absolute atomic E-state index is 8.75. The van der Waals surface area contributed by atoms with Gasteiger partial charge in [-0.15, -0.1) is 12.4 Å². The van der Waals surface area contributed by atoms with E-state index < -0.39 is 6.10 Å². The number of rotatable bonds is 0. The van der Waals surface area contributed by atoms with Gasteiger partial charge < -0.3 is 15.6 Å². The summed E-state index contributed by atoms with van der Waals surface area (Å²) < 4.78 is 4.79. The molecule has 4 heteroatoms. The van der Waals surface area contributed by atoms with Gasteiger partial charge in [-0.1, -0.05) is 0 Å². The number of hydrogen-bond donors (Lipinski definition) is 2. The number of ether oxygens (including phenoxy) is 1. The summed E-state index contributed by atoms with van der Waals surface area (Å²) in [6.45, 7) is 0.905. The fourth-order valence-electron chi connectivity index (χ4n) is 0.560. The Morgan fingerprint density at radius 2 is 2.12 bits per heavy atom. The second kappa shape index (κ2) is 3.25. The van der Waals surface area contributed by atoms with Crippen LogP contribution in [0.5, 0.6) is 0 Å². The van der Waals surface area contributed by atoms with Gasteiger partial charge in [-0.05, 0) is 0 Å². The maximum atomic E-state index is 8.75. The van der Waals surface area contributed by atoms with Crippen molar-refractivity contribution in [1.82, 2.24) is 0 Å². The first-order valence-corrected chi connectivity index (χ1v) is 2.32. The smallest absolute Gasteiger partial charge is 0.0946 e. The lowest BCUT2D eigenvalue weighted by Gasteiger charge is -2.01. The van der Waals surface area contributed by atoms with Gasteiger partial charge in [-0.2, -0.15) is 0 Å². The Kier molecular flexibility index (Phi) is 3.31. The molecule has 0 spiro atoms. The van der Waals surface area contributed by atoms with E-state index in [1.807, 2.05) is 0 Å². The molecule has 50 valence electrons. The van der Waals surface area contributed by atoms with Gasteiger partial charge in [-0.3, -0.25) is 0 Å². The van der Waals surface area contributed by atoms with Crippen LogP contribution in [0.1, 0.15) is 0 Å². The van der Waals surface area contributed by atoms with Gasteiger partial charge in [0.25, 0.3) is 0 Å². The Balaban J connectivity index is 0.000000490.